The number of nitriles is 1. The Hall–Kier alpha value is -2.66. The number of nitrogens with one attached hydrogen (secondary N) is 1. The van der Waals surface area contributed by atoms with Crippen LogP contribution >= 0.6 is 43.5 Å². The number of hydrogen-bond acceptors (Lipinski definition) is 3. The van der Waals surface area contributed by atoms with Gasteiger partial charge in [0.2, 0.25) is 0 Å². The predicted octanol–water partition coefficient (Wildman–Crippen LogP) is 7.44. The predicted molar refractivity (Wildman–Crippen MR) is 131 cm³/mol. The summed E-state index contributed by atoms with van der Waals surface area (Å²) in [4.78, 5) is 12.5. The topological polar surface area (TPSA) is 62.1 Å². The van der Waals surface area contributed by atoms with Crippen LogP contribution in [0.15, 0.2) is 69.1 Å². The van der Waals surface area contributed by atoms with Crippen molar-refractivity contribution in [3.8, 4) is 11.8 Å². The van der Waals surface area contributed by atoms with Crippen LogP contribution in [0.2, 0.25) is 5.02 Å². The van der Waals surface area contributed by atoms with Crippen LogP contribution in [-0.4, -0.2) is 5.91 Å². The smallest absolute Gasteiger partial charge is 0.266 e. The highest BCUT2D eigenvalue weighted by molar-refractivity contribution is 9.11. The SMILES string of the molecule is Cc1ccc(NC(=O)/C(C#N)=C\c2cc(Br)c(OCc3ccc(F)cc3)c(Br)c2)cc1Cl. The lowest BCUT2D eigenvalue weighted by atomic mass is 10.1. The molecule has 0 aliphatic carbocycles. The van der Waals surface area contributed by atoms with Gasteiger partial charge in [0.25, 0.3) is 5.91 Å². The first-order valence-corrected chi connectivity index (χ1v) is 11.3. The molecule has 1 amide bonds. The van der Waals surface area contributed by atoms with Crippen molar-refractivity contribution in [2.75, 3.05) is 5.32 Å². The molecule has 3 aromatic rings. The summed E-state index contributed by atoms with van der Waals surface area (Å²) >= 11 is 13.0. The minimum Gasteiger partial charge on any atom is -0.487 e. The Kier molecular flexibility index (Phi) is 8.08. The summed E-state index contributed by atoms with van der Waals surface area (Å²) in [7, 11) is 0. The van der Waals surface area contributed by atoms with E-state index < -0.39 is 5.91 Å². The summed E-state index contributed by atoms with van der Waals surface area (Å²) < 4.78 is 20.1. The standard InChI is InChI=1S/C24H16Br2ClFN2O2/c1-14-2-7-19(11-22(14)27)30-24(31)17(12-29)8-16-9-20(25)23(21(26)10-16)32-13-15-3-5-18(28)6-4-15/h2-11H,13H2,1H3,(H,30,31)/b17-8-. The summed E-state index contributed by atoms with van der Waals surface area (Å²) in [5, 5.41) is 12.7. The fourth-order valence-corrected chi connectivity index (χ4v) is 4.35. The van der Waals surface area contributed by atoms with E-state index in [1.807, 2.05) is 13.0 Å². The van der Waals surface area contributed by atoms with Gasteiger partial charge >= 0.3 is 0 Å². The van der Waals surface area contributed by atoms with E-state index in [1.54, 1.807) is 42.5 Å². The number of anilines is 1. The van der Waals surface area contributed by atoms with Crippen molar-refractivity contribution in [3.63, 3.8) is 0 Å². The zero-order valence-electron chi connectivity index (χ0n) is 16.8. The van der Waals surface area contributed by atoms with E-state index >= 15 is 0 Å². The normalized spacial score (nSPS) is 11.1. The molecule has 4 nitrogen and oxygen atoms in total. The molecule has 0 heterocycles. The van der Waals surface area contributed by atoms with Gasteiger partial charge in [0, 0.05) is 10.7 Å². The molecule has 0 saturated heterocycles. The number of carbonyl (C=O) groups excluding carboxylic acids is 1. The van der Waals surface area contributed by atoms with Crippen molar-refractivity contribution in [1.29, 1.82) is 5.26 Å². The summed E-state index contributed by atoms with van der Waals surface area (Å²) in [5.74, 6) is -0.310. The summed E-state index contributed by atoms with van der Waals surface area (Å²) in [6.45, 7) is 2.11. The summed E-state index contributed by atoms with van der Waals surface area (Å²) in [5.41, 5.74) is 2.75. The summed E-state index contributed by atoms with van der Waals surface area (Å²) in [6.07, 6.45) is 1.48. The van der Waals surface area contributed by atoms with Crippen LogP contribution in [0.1, 0.15) is 16.7 Å². The van der Waals surface area contributed by atoms with E-state index in [2.05, 4.69) is 37.2 Å². The van der Waals surface area contributed by atoms with E-state index in [-0.39, 0.29) is 18.0 Å². The lowest BCUT2D eigenvalue weighted by Gasteiger charge is -2.12. The van der Waals surface area contributed by atoms with Crippen LogP contribution in [0.25, 0.3) is 6.08 Å². The molecule has 8 heteroatoms. The first kappa shape index (κ1) is 24.0. The summed E-state index contributed by atoms with van der Waals surface area (Å²) in [6, 6.07) is 16.6. The van der Waals surface area contributed by atoms with Gasteiger partial charge < -0.3 is 10.1 Å². The molecule has 0 aliphatic heterocycles. The molecule has 162 valence electrons. The molecule has 0 saturated carbocycles. The maximum Gasteiger partial charge on any atom is 0.266 e. The fourth-order valence-electron chi connectivity index (χ4n) is 2.72. The third-order valence-corrected chi connectivity index (χ3v) is 6.01. The third kappa shape index (κ3) is 6.19. The largest absolute Gasteiger partial charge is 0.487 e. The van der Waals surface area contributed by atoms with Crippen molar-refractivity contribution in [2.45, 2.75) is 13.5 Å². The number of carbonyl (C=O) groups is 1. The molecule has 0 fully saturated rings. The fraction of sp³-hybridized carbons (Fsp3) is 0.0833. The quantitative estimate of drug-likeness (QED) is 0.244. The molecule has 0 atom stereocenters. The zero-order valence-corrected chi connectivity index (χ0v) is 20.7. The van der Waals surface area contributed by atoms with Gasteiger partial charge in [-0.2, -0.15) is 5.26 Å². The lowest BCUT2D eigenvalue weighted by molar-refractivity contribution is -0.112. The maximum absolute atomic E-state index is 13.1. The van der Waals surface area contributed by atoms with Gasteiger partial charge in [-0.1, -0.05) is 29.8 Å². The molecule has 0 aromatic heterocycles. The van der Waals surface area contributed by atoms with Gasteiger partial charge in [0.05, 0.1) is 8.95 Å². The van der Waals surface area contributed by atoms with Crippen molar-refractivity contribution >= 4 is 61.1 Å². The minimum atomic E-state index is -0.545. The second-order valence-electron chi connectivity index (χ2n) is 6.82. The second-order valence-corrected chi connectivity index (χ2v) is 8.93. The molecule has 0 unspecified atom stereocenters. The molecule has 0 radical (unpaired) electrons. The number of hydrogen-bond donors (Lipinski definition) is 1. The Morgan fingerprint density at radius 3 is 2.41 bits per heavy atom. The van der Waals surface area contributed by atoms with Gasteiger partial charge in [0.15, 0.2) is 0 Å². The number of amides is 1. The van der Waals surface area contributed by atoms with Crippen LogP contribution in [-0.2, 0) is 11.4 Å². The van der Waals surface area contributed by atoms with E-state index in [1.165, 1.54) is 18.2 Å². The molecule has 0 aliphatic rings. The molecule has 3 rings (SSSR count). The Morgan fingerprint density at radius 2 is 1.81 bits per heavy atom. The first-order chi connectivity index (χ1) is 15.3. The van der Waals surface area contributed by atoms with E-state index in [4.69, 9.17) is 16.3 Å². The highest BCUT2D eigenvalue weighted by atomic mass is 79.9. The van der Waals surface area contributed by atoms with Crippen molar-refractivity contribution in [1.82, 2.24) is 0 Å². The average Bonchev–Trinajstić information content (AvgIpc) is 2.75. The van der Waals surface area contributed by atoms with E-state index in [0.29, 0.717) is 31.0 Å². The number of rotatable bonds is 6. The average molecular weight is 579 g/mol. The lowest BCUT2D eigenvalue weighted by Crippen LogP contribution is -2.13. The van der Waals surface area contributed by atoms with Gasteiger partial charge in [-0.3, -0.25) is 4.79 Å². The first-order valence-electron chi connectivity index (χ1n) is 9.32. The maximum atomic E-state index is 13.1. The van der Waals surface area contributed by atoms with Gasteiger partial charge in [0.1, 0.15) is 29.8 Å². The van der Waals surface area contributed by atoms with E-state index in [9.17, 15) is 14.4 Å². The zero-order chi connectivity index (χ0) is 23.3. The number of aryl methyl sites for hydroxylation is 1. The van der Waals surface area contributed by atoms with Crippen molar-refractivity contribution in [2.24, 2.45) is 0 Å². The number of ether oxygens (including phenoxy) is 1. The van der Waals surface area contributed by atoms with Gasteiger partial charge in [-0.15, -0.1) is 0 Å². The molecule has 32 heavy (non-hydrogen) atoms. The second kappa shape index (κ2) is 10.8. The Balaban J connectivity index is 1.77. The van der Waals surface area contributed by atoms with Crippen molar-refractivity contribution in [3.05, 3.63) is 96.6 Å². The minimum absolute atomic E-state index is 0.0690. The highest BCUT2D eigenvalue weighted by Gasteiger charge is 2.13. The van der Waals surface area contributed by atoms with E-state index in [0.717, 1.165) is 11.1 Å². The number of halogens is 4. The van der Waals surface area contributed by atoms with Crippen LogP contribution in [0.3, 0.4) is 0 Å². The van der Waals surface area contributed by atoms with Crippen molar-refractivity contribution < 1.29 is 13.9 Å². The molecule has 3 aromatic carbocycles. The Bertz CT molecular complexity index is 1210. The highest BCUT2D eigenvalue weighted by Crippen LogP contribution is 2.36. The Morgan fingerprint density at radius 1 is 1.16 bits per heavy atom. The van der Waals surface area contributed by atoms with Crippen LogP contribution in [0.4, 0.5) is 10.1 Å². The Labute approximate surface area is 206 Å². The molecule has 0 bridgehead atoms. The molecular weight excluding hydrogens is 563 g/mol. The van der Waals surface area contributed by atoms with Crippen LogP contribution in [0.5, 0.6) is 5.75 Å². The van der Waals surface area contributed by atoms with Gasteiger partial charge in [-0.25, -0.2) is 4.39 Å². The third-order valence-electron chi connectivity index (χ3n) is 4.42. The molecule has 0 spiro atoms. The van der Waals surface area contributed by atoms with Crippen LogP contribution in [0, 0.1) is 24.1 Å². The molecular formula is C24H16Br2ClFN2O2. The monoisotopic (exact) mass is 576 g/mol. The molecule has 1 N–H and O–H groups in total. The van der Waals surface area contributed by atoms with Gasteiger partial charge in [-0.05, 0) is 97.9 Å². The number of nitrogens with zero attached hydrogens (tertiary/aromatic N) is 1. The van der Waals surface area contributed by atoms with Crippen LogP contribution < -0.4 is 10.1 Å². The number of benzene rings is 3.